The number of nitrogens with zero attached hydrogens (tertiary/aromatic N) is 6. The van der Waals surface area contributed by atoms with Crippen molar-refractivity contribution in [1.82, 2.24) is 23.1 Å². The van der Waals surface area contributed by atoms with Gasteiger partial charge in [0.1, 0.15) is 5.65 Å². The minimum Gasteiger partial charge on any atom is -0.510 e. The van der Waals surface area contributed by atoms with Gasteiger partial charge >= 0.3 is 0 Å². The van der Waals surface area contributed by atoms with Crippen LogP contribution in [0.4, 0.5) is 0 Å². The summed E-state index contributed by atoms with van der Waals surface area (Å²) in [6, 6.07) is 50.8. The van der Waals surface area contributed by atoms with Crippen LogP contribution in [0.3, 0.4) is 0 Å². The Morgan fingerprint density at radius 1 is 0.643 bits per heavy atom. The summed E-state index contributed by atoms with van der Waals surface area (Å²) in [5.41, 5.74) is 10.7. The van der Waals surface area contributed by atoms with Gasteiger partial charge in [-0.3, -0.25) is 13.5 Å². The third kappa shape index (κ3) is 5.77. The van der Waals surface area contributed by atoms with Gasteiger partial charge in [-0.25, -0.2) is 4.98 Å². The summed E-state index contributed by atoms with van der Waals surface area (Å²) in [4.78, 5) is 5.07. The van der Waals surface area contributed by atoms with E-state index < -0.39 is 0 Å². The fourth-order valence-corrected chi connectivity index (χ4v) is 7.91. The van der Waals surface area contributed by atoms with Gasteiger partial charge in [0.2, 0.25) is 5.95 Å². The number of aromatic nitrogens is 6. The Hall–Kier alpha value is -6.17. The summed E-state index contributed by atoms with van der Waals surface area (Å²) in [6.45, 7) is 9.03. The van der Waals surface area contributed by atoms with Crippen molar-refractivity contribution in [1.29, 1.82) is 0 Å². The van der Waals surface area contributed by atoms with Crippen LogP contribution >= 0.6 is 0 Å². The van der Waals surface area contributed by atoms with Crippen LogP contribution in [0.25, 0.3) is 61.5 Å². The molecule has 4 aromatic heterocycles. The molecule has 10 rings (SSSR count). The Kier molecular flexibility index (Phi) is 8.98. The molecular weight excluding hydrogens is 872 g/mol. The molecule has 0 unspecified atom stereocenters. The zero-order chi connectivity index (χ0) is 37.2. The Morgan fingerprint density at radius 3 is 2.12 bits per heavy atom. The normalized spacial score (nSPS) is 11.8. The number of imidazole rings is 3. The topological polar surface area (TPSA) is 45.2 Å². The second-order valence-corrected chi connectivity index (χ2v) is 14.6. The van der Waals surface area contributed by atoms with Crippen LogP contribution in [0.2, 0.25) is 0 Å². The Bertz CT molecular complexity index is 3010. The van der Waals surface area contributed by atoms with Crippen molar-refractivity contribution in [2.24, 2.45) is 0 Å². The fraction of sp³-hybridized carbons (Fsp3) is 0.125. The molecule has 7 nitrogen and oxygen atoms in total. The van der Waals surface area contributed by atoms with E-state index in [-0.39, 0.29) is 21.1 Å². The maximum Gasteiger partial charge on any atom is 0.268 e. The number of hydrogen-bond acceptors (Lipinski definition) is 2. The quantitative estimate of drug-likeness (QED) is 0.113. The van der Waals surface area contributed by atoms with Crippen LogP contribution in [0.5, 0.6) is 11.5 Å². The molecule has 0 spiro atoms. The van der Waals surface area contributed by atoms with Gasteiger partial charge in [0, 0.05) is 50.5 Å². The largest absolute Gasteiger partial charge is 0.510 e. The molecule has 0 radical (unpaired) electrons. The van der Waals surface area contributed by atoms with Gasteiger partial charge in [-0.1, -0.05) is 112 Å². The number of rotatable bonds is 8. The van der Waals surface area contributed by atoms with E-state index in [1.807, 2.05) is 65.4 Å². The first-order chi connectivity index (χ1) is 26.9. The number of hydrogen-bond donors (Lipinski definition) is 0. The Balaban J connectivity index is 0.00000410. The van der Waals surface area contributed by atoms with E-state index >= 15 is 0 Å². The first-order valence-electron chi connectivity index (χ1n) is 18.8. The second kappa shape index (κ2) is 14.2. The van der Waals surface area contributed by atoms with Crippen molar-refractivity contribution >= 4 is 38.5 Å². The predicted octanol–water partition coefficient (Wildman–Crippen LogP) is 10.9. The van der Waals surface area contributed by atoms with Crippen molar-refractivity contribution in [3.8, 4) is 34.5 Å². The average molecular weight is 910 g/mol. The summed E-state index contributed by atoms with van der Waals surface area (Å²) < 4.78 is 17.3. The fourth-order valence-electron chi connectivity index (χ4n) is 7.91. The molecule has 0 aliphatic carbocycles. The van der Waals surface area contributed by atoms with E-state index in [0.717, 1.165) is 55.8 Å². The third-order valence-electron chi connectivity index (χ3n) is 10.5. The van der Waals surface area contributed by atoms with Crippen LogP contribution in [0.1, 0.15) is 50.7 Å². The molecule has 8 heteroatoms. The molecule has 0 fully saturated rings. The SMILES string of the molecule is CC(C)c1cccc(C(C)C)c1-n1ccn2c(-n3c4[c-]c(Oc5[c-]c(-n6[c-][n+](-c7ccccc7)c7ccccc76)ccc5)ccc4c4ccccc43)ncc12.[Pt]. The maximum absolute atomic E-state index is 6.55. The van der Waals surface area contributed by atoms with Gasteiger partial charge in [0.25, 0.3) is 6.33 Å². The monoisotopic (exact) mass is 909 g/mol. The molecule has 278 valence electrons. The molecule has 56 heavy (non-hydrogen) atoms. The standard InChI is InChI=1S/C48H38N6O.Pt/c1-32(2)38-19-13-20-39(33(3)4)47(38)50-26-27-51-46(50)30-49-48(51)54-42-21-9-8-18-40(42)41-25-24-37(29-45(41)54)55-36-17-12-16-35(28-36)53-31-52(34-14-6-5-7-15-34)43-22-10-11-23-44(43)53;/h5-27,30,32-33H,1-4H3;/q-2;. The third-order valence-corrected chi connectivity index (χ3v) is 10.5. The molecule has 0 N–H and O–H groups in total. The zero-order valence-corrected chi connectivity index (χ0v) is 33.7. The van der Waals surface area contributed by atoms with Gasteiger partial charge in [0.05, 0.1) is 28.6 Å². The molecule has 0 bridgehead atoms. The van der Waals surface area contributed by atoms with Crippen LogP contribution in [0, 0.1) is 18.5 Å². The molecule has 0 saturated carbocycles. The van der Waals surface area contributed by atoms with Crippen LogP contribution in [0.15, 0.2) is 146 Å². The number of ether oxygens (including phenoxy) is 1. The van der Waals surface area contributed by atoms with E-state index in [0.29, 0.717) is 23.3 Å². The summed E-state index contributed by atoms with van der Waals surface area (Å²) in [5.74, 6) is 2.69. The maximum atomic E-state index is 6.55. The predicted molar refractivity (Wildman–Crippen MR) is 218 cm³/mol. The molecule has 4 heterocycles. The molecule has 0 atom stereocenters. The molecule has 0 amide bonds. The average Bonchev–Trinajstić information content (AvgIpc) is 3.99. The first-order valence-corrected chi connectivity index (χ1v) is 18.8. The van der Waals surface area contributed by atoms with Crippen molar-refractivity contribution in [2.75, 3.05) is 0 Å². The summed E-state index contributed by atoms with van der Waals surface area (Å²) >= 11 is 0. The van der Waals surface area contributed by atoms with Crippen molar-refractivity contribution in [3.63, 3.8) is 0 Å². The van der Waals surface area contributed by atoms with E-state index in [9.17, 15) is 0 Å². The Morgan fingerprint density at radius 2 is 1.34 bits per heavy atom. The van der Waals surface area contributed by atoms with Crippen molar-refractivity contribution in [3.05, 3.63) is 176 Å². The van der Waals surface area contributed by atoms with Crippen LogP contribution in [-0.2, 0) is 21.1 Å². The minimum absolute atomic E-state index is 0. The minimum atomic E-state index is 0. The first kappa shape index (κ1) is 35.5. The van der Waals surface area contributed by atoms with E-state index in [1.165, 1.54) is 16.8 Å². The molecule has 0 aliphatic rings. The number of para-hydroxylation sites is 5. The number of benzene rings is 6. The van der Waals surface area contributed by atoms with Crippen LogP contribution in [-0.4, -0.2) is 23.1 Å². The van der Waals surface area contributed by atoms with Crippen LogP contribution < -0.4 is 9.30 Å². The van der Waals surface area contributed by atoms with Gasteiger partial charge in [-0.15, -0.1) is 29.7 Å². The van der Waals surface area contributed by atoms with Gasteiger partial charge in [0.15, 0.2) is 0 Å². The van der Waals surface area contributed by atoms with E-state index in [4.69, 9.17) is 9.72 Å². The van der Waals surface area contributed by atoms with E-state index in [1.54, 1.807) is 0 Å². The van der Waals surface area contributed by atoms with Crippen molar-refractivity contribution in [2.45, 2.75) is 39.5 Å². The van der Waals surface area contributed by atoms with Gasteiger partial charge < -0.3 is 13.9 Å². The molecular formula is C48H38N6OPt-2. The number of fused-ring (bicyclic) bond motifs is 5. The van der Waals surface area contributed by atoms with Crippen molar-refractivity contribution < 1.29 is 30.4 Å². The molecule has 10 aromatic rings. The smallest absolute Gasteiger partial charge is 0.268 e. The zero-order valence-electron chi connectivity index (χ0n) is 31.4. The Labute approximate surface area is 339 Å². The summed E-state index contributed by atoms with van der Waals surface area (Å²) in [6.07, 6.45) is 9.79. The molecule has 6 aromatic carbocycles. The molecule has 0 aliphatic heterocycles. The van der Waals surface area contributed by atoms with Gasteiger partial charge in [-0.2, -0.15) is 18.2 Å². The van der Waals surface area contributed by atoms with Gasteiger partial charge in [-0.05, 0) is 52.2 Å². The van der Waals surface area contributed by atoms with E-state index in [2.05, 4.69) is 149 Å². The molecule has 0 saturated heterocycles. The summed E-state index contributed by atoms with van der Waals surface area (Å²) in [7, 11) is 0. The summed E-state index contributed by atoms with van der Waals surface area (Å²) in [5, 5.41) is 2.20. The second-order valence-electron chi connectivity index (χ2n) is 14.6.